The number of hydrogen-bond acceptors (Lipinski definition) is 3. The van der Waals surface area contributed by atoms with Crippen LogP contribution in [0.4, 0.5) is 0 Å². The molecule has 1 amide bonds. The Morgan fingerprint density at radius 2 is 2.35 bits per heavy atom. The number of amides is 1. The number of fused-ring (bicyclic) bond motifs is 1. The molecule has 0 aromatic rings. The molecular formula is C13H20N2O2. The van der Waals surface area contributed by atoms with E-state index in [9.17, 15) is 9.90 Å². The number of hydrogen-bond donors (Lipinski definition) is 2. The number of terminal acetylenes is 1. The highest BCUT2D eigenvalue weighted by molar-refractivity contribution is 5.81. The Balaban J connectivity index is 1.88. The van der Waals surface area contributed by atoms with Gasteiger partial charge in [-0.15, -0.1) is 6.42 Å². The highest BCUT2D eigenvalue weighted by Gasteiger charge is 2.43. The third kappa shape index (κ3) is 2.46. The molecule has 0 aromatic heterocycles. The zero-order valence-electron chi connectivity index (χ0n) is 10.2. The Hall–Kier alpha value is -1.05. The predicted octanol–water partition coefficient (Wildman–Crippen LogP) is -0.173. The summed E-state index contributed by atoms with van der Waals surface area (Å²) in [5.41, 5.74) is 0. The van der Waals surface area contributed by atoms with Gasteiger partial charge in [0.2, 0.25) is 5.91 Å². The van der Waals surface area contributed by atoms with Crippen molar-refractivity contribution in [2.24, 2.45) is 11.8 Å². The third-order valence-electron chi connectivity index (χ3n) is 4.14. The van der Waals surface area contributed by atoms with Gasteiger partial charge in [0.25, 0.3) is 0 Å². The maximum atomic E-state index is 11.8. The van der Waals surface area contributed by atoms with Crippen molar-refractivity contribution in [3.63, 3.8) is 0 Å². The van der Waals surface area contributed by atoms with Crippen molar-refractivity contribution in [2.75, 3.05) is 19.6 Å². The molecule has 1 heterocycles. The lowest BCUT2D eigenvalue weighted by Crippen LogP contribution is -2.44. The number of rotatable bonds is 3. The summed E-state index contributed by atoms with van der Waals surface area (Å²) in [4.78, 5) is 13.9. The second-order valence-electron chi connectivity index (χ2n) is 5.12. The minimum Gasteiger partial charge on any atom is -0.393 e. The van der Waals surface area contributed by atoms with Gasteiger partial charge in [0, 0.05) is 19.0 Å². The molecule has 2 fully saturated rings. The molecule has 0 radical (unpaired) electrons. The van der Waals surface area contributed by atoms with Crippen LogP contribution >= 0.6 is 0 Å². The van der Waals surface area contributed by atoms with Crippen molar-refractivity contribution in [2.45, 2.75) is 31.9 Å². The fraction of sp³-hybridized carbons (Fsp3) is 0.769. The van der Waals surface area contributed by atoms with Crippen LogP contribution in [0.25, 0.3) is 0 Å². The van der Waals surface area contributed by atoms with E-state index < -0.39 is 0 Å². The Morgan fingerprint density at radius 1 is 1.59 bits per heavy atom. The summed E-state index contributed by atoms with van der Waals surface area (Å²) >= 11 is 0. The zero-order valence-corrected chi connectivity index (χ0v) is 10.2. The van der Waals surface area contributed by atoms with Crippen molar-refractivity contribution in [3.05, 3.63) is 0 Å². The normalized spacial score (nSPS) is 34.1. The number of nitrogens with zero attached hydrogens (tertiary/aromatic N) is 1. The predicted molar refractivity (Wildman–Crippen MR) is 65.1 cm³/mol. The minimum atomic E-state index is -0.175. The lowest BCUT2D eigenvalue weighted by Gasteiger charge is -2.24. The van der Waals surface area contributed by atoms with E-state index in [4.69, 9.17) is 6.42 Å². The maximum absolute atomic E-state index is 11.8. The first-order chi connectivity index (χ1) is 8.13. The summed E-state index contributed by atoms with van der Waals surface area (Å²) < 4.78 is 0. The van der Waals surface area contributed by atoms with Crippen LogP contribution in [0.15, 0.2) is 0 Å². The highest BCUT2D eigenvalue weighted by atomic mass is 16.3. The quantitative estimate of drug-likeness (QED) is 0.669. The topological polar surface area (TPSA) is 52.6 Å². The van der Waals surface area contributed by atoms with E-state index in [0.29, 0.717) is 11.8 Å². The van der Waals surface area contributed by atoms with Crippen LogP contribution < -0.4 is 5.32 Å². The van der Waals surface area contributed by atoms with Crippen molar-refractivity contribution in [1.29, 1.82) is 0 Å². The third-order valence-corrected chi connectivity index (χ3v) is 4.14. The first kappa shape index (κ1) is 12.4. The van der Waals surface area contributed by atoms with Gasteiger partial charge in [0.05, 0.1) is 18.7 Å². The monoisotopic (exact) mass is 236 g/mol. The van der Waals surface area contributed by atoms with Crippen molar-refractivity contribution < 1.29 is 9.90 Å². The first-order valence-electron chi connectivity index (χ1n) is 6.26. The van der Waals surface area contributed by atoms with Gasteiger partial charge in [0.15, 0.2) is 0 Å². The molecule has 2 aliphatic rings. The first-order valence-corrected chi connectivity index (χ1v) is 6.26. The minimum absolute atomic E-state index is 0.0163. The van der Waals surface area contributed by atoms with Gasteiger partial charge >= 0.3 is 0 Å². The smallest absolute Gasteiger partial charge is 0.237 e. The van der Waals surface area contributed by atoms with Gasteiger partial charge in [0.1, 0.15) is 0 Å². The molecule has 1 saturated heterocycles. The molecule has 4 atom stereocenters. The van der Waals surface area contributed by atoms with E-state index in [1.807, 2.05) is 6.92 Å². The lowest BCUT2D eigenvalue weighted by atomic mass is 10.00. The molecule has 4 nitrogen and oxygen atoms in total. The number of aliphatic hydroxyl groups excluding tert-OH is 1. The van der Waals surface area contributed by atoms with E-state index in [1.54, 1.807) is 0 Å². The van der Waals surface area contributed by atoms with Gasteiger partial charge in [-0.25, -0.2) is 0 Å². The van der Waals surface area contributed by atoms with Crippen LogP contribution in [0.1, 0.15) is 19.8 Å². The maximum Gasteiger partial charge on any atom is 0.237 e. The Morgan fingerprint density at radius 3 is 3.00 bits per heavy atom. The highest BCUT2D eigenvalue weighted by Crippen LogP contribution is 2.38. The zero-order chi connectivity index (χ0) is 12.4. The summed E-state index contributed by atoms with van der Waals surface area (Å²) in [7, 11) is 0. The van der Waals surface area contributed by atoms with Crippen LogP contribution in [0, 0.1) is 24.2 Å². The van der Waals surface area contributed by atoms with E-state index in [0.717, 1.165) is 25.9 Å². The van der Waals surface area contributed by atoms with Gasteiger partial charge in [-0.1, -0.05) is 5.92 Å². The number of nitrogens with one attached hydrogen (secondary N) is 1. The van der Waals surface area contributed by atoms with E-state index in [2.05, 4.69) is 16.1 Å². The fourth-order valence-electron chi connectivity index (χ4n) is 3.04. The summed E-state index contributed by atoms with van der Waals surface area (Å²) in [6.07, 6.45) is 6.94. The molecule has 17 heavy (non-hydrogen) atoms. The van der Waals surface area contributed by atoms with Crippen LogP contribution in [0.3, 0.4) is 0 Å². The average Bonchev–Trinajstić information content (AvgIpc) is 2.88. The van der Waals surface area contributed by atoms with E-state index in [1.165, 1.54) is 0 Å². The molecule has 1 saturated carbocycles. The van der Waals surface area contributed by atoms with Crippen molar-refractivity contribution in [3.8, 4) is 12.3 Å². The molecule has 0 aromatic carbocycles. The number of aliphatic hydroxyl groups is 1. The van der Waals surface area contributed by atoms with Crippen LogP contribution in [-0.2, 0) is 4.79 Å². The standard InChI is InChI=1S/C13H20N2O2/c1-3-6-14-13(17)9(2)15-7-10-4-5-12(16)11(10)8-15/h1,9-12,16H,4-8H2,2H3,(H,14,17). The largest absolute Gasteiger partial charge is 0.393 e. The molecule has 0 spiro atoms. The average molecular weight is 236 g/mol. The Kier molecular flexibility index (Phi) is 3.70. The van der Waals surface area contributed by atoms with Crippen molar-refractivity contribution >= 4 is 5.91 Å². The molecular weight excluding hydrogens is 216 g/mol. The molecule has 0 bridgehead atoms. The van der Waals surface area contributed by atoms with Crippen LogP contribution in [0.2, 0.25) is 0 Å². The van der Waals surface area contributed by atoms with Crippen molar-refractivity contribution in [1.82, 2.24) is 10.2 Å². The molecule has 2 rings (SSSR count). The van der Waals surface area contributed by atoms with Gasteiger partial charge in [-0.05, 0) is 25.7 Å². The molecule has 2 N–H and O–H groups in total. The van der Waals surface area contributed by atoms with Crippen LogP contribution in [-0.4, -0.2) is 47.7 Å². The molecule has 4 unspecified atom stereocenters. The van der Waals surface area contributed by atoms with Crippen LogP contribution in [0.5, 0.6) is 0 Å². The van der Waals surface area contributed by atoms with Gasteiger partial charge in [-0.3, -0.25) is 9.69 Å². The lowest BCUT2D eigenvalue weighted by molar-refractivity contribution is -0.125. The SMILES string of the molecule is C#CCNC(=O)C(C)N1CC2CCC(O)C2C1. The molecule has 1 aliphatic carbocycles. The second-order valence-corrected chi connectivity index (χ2v) is 5.12. The molecule has 94 valence electrons. The summed E-state index contributed by atoms with van der Waals surface area (Å²) in [6.45, 7) is 3.94. The number of carbonyl (C=O) groups excluding carboxylic acids is 1. The molecule has 1 aliphatic heterocycles. The second kappa shape index (κ2) is 5.07. The summed E-state index contributed by atoms with van der Waals surface area (Å²) in [6, 6.07) is -0.152. The Labute approximate surface area is 102 Å². The Bertz CT molecular complexity index is 337. The van der Waals surface area contributed by atoms with Gasteiger partial charge < -0.3 is 10.4 Å². The van der Waals surface area contributed by atoms with E-state index >= 15 is 0 Å². The van der Waals surface area contributed by atoms with E-state index in [-0.39, 0.29) is 24.6 Å². The summed E-state index contributed by atoms with van der Waals surface area (Å²) in [5.74, 6) is 3.31. The summed E-state index contributed by atoms with van der Waals surface area (Å²) in [5, 5.41) is 12.5. The number of likely N-dealkylation sites (tertiary alicyclic amines) is 1. The molecule has 4 heteroatoms. The number of carbonyl (C=O) groups is 1. The van der Waals surface area contributed by atoms with Gasteiger partial charge in [-0.2, -0.15) is 0 Å². The fourth-order valence-corrected chi connectivity index (χ4v) is 3.04.